The van der Waals surface area contributed by atoms with Gasteiger partial charge in [0.25, 0.3) is 11.8 Å². The summed E-state index contributed by atoms with van der Waals surface area (Å²) >= 11 is 0. The number of benzene rings is 1. The fraction of sp³-hybridized carbons (Fsp3) is 0.448. The van der Waals surface area contributed by atoms with E-state index in [0.717, 1.165) is 6.07 Å². The summed E-state index contributed by atoms with van der Waals surface area (Å²) in [6.45, 7) is -12.8. The SMILES string of the molecule is [2H]C1([2H])N(CC2CCN(c3ccc(C(N)=O)cn3)CC2)C([2H])([2H])C([2H])([2H])N(c2cc(F)c3c(c2)C(=O)N(C2CCC(=O)NC2=O)C3=O)C1([2H])[2H]. The number of aromatic nitrogens is 1. The summed E-state index contributed by atoms with van der Waals surface area (Å²) < 4.78 is 86.4. The maximum absolute atomic E-state index is 15.7. The Balaban J connectivity index is 1.27. The Bertz CT molecular complexity index is 1780. The van der Waals surface area contributed by atoms with Gasteiger partial charge in [0.05, 0.1) is 22.2 Å². The third kappa shape index (κ3) is 5.20. The summed E-state index contributed by atoms with van der Waals surface area (Å²) in [4.78, 5) is 69.2. The monoisotopic (exact) mass is 585 g/mol. The van der Waals surface area contributed by atoms with Gasteiger partial charge in [-0.25, -0.2) is 9.37 Å². The number of piperidine rings is 2. The summed E-state index contributed by atoms with van der Waals surface area (Å²) in [5, 5.41) is 2.01. The number of nitrogens with one attached hydrogen (secondary N) is 1. The summed E-state index contributed by atoms with van der Waals surface area (Å²) in [7, 11) is 0. The van der Waals surface area contributed by atoms with Crippen LogP contribution in [0.25, 0.3) is 0 Å². The molecule has 220 valence electrons. The predicted molar refractivity (Wildman–Crippen MR) is 149 cm³/mol. The lowest BCUT2D eigenvalue weighted by atomic mass is 9.96. The highest BCUT2D eigenvalue weighted by Gasteiger charge is 2.46. The molecule has 5 heterocycles. The van der Waals surface area contributed by atoms with Gasteiger partial charge in [-0.3, -0.25) is 39.1 Å². The quantitative estimate of drug-likeness (QED) is 0.469. The molecule has 13 heteroatoms. The Morgan fingerprint density at radius 2 is 1.76 bits per heavy atom. The highest BCUT2D eigenvalue weighted by atomic mass is 19.1. The van der Waals surface area contributed by atoms with Crippen LogP contribution in [0.1, 0.15) is 67.7 Å². The average Bonchev–Trinajstić information content (AvgIpc) is 3.28. The molecule has 1 unspecified atom stereocenters. The Kier molecular flexibility index (Phi) is 5.21. The minimum Gasteiger partial charge on any atom is -0.369 e. The molecule has 3 N–H and O–H groups in total. The van der Waals surface area contributed by atoms with Gasteiger partial charge in [-0.15, -0.1) is 0 Å². The second kappa shape index (κ2) is 11.1. The maximum Gasteiger partial charge on any atom is 0.265 e. The first-order valence-electron chi connectivity index (χ1n) is 17.4. The molecule has 42 heavy (non-hydrogen) atoms. The van der Waals surface area contributed by atoms with Crippen molar-refractivity contribution in [3.05, 3.63) is 53.0 Å². The van der Waals surface area contributed by atoms with Crippen molar-refractivity contribution in [1.82, 2.24) is 20.1 Å². The van der Waals surface area contributed by atoms with E-state index in [1.807, 2.05) is 10.2 Å². The standard InChI is InChI=1S/C29H32FN7O5/c30-21-14-19(13-20-25(21)29(42)37(28(20)41)22-2-4-24(38)33-27(22)40)35-11-9-34(10-12-35)16-17-5-7-36(8-6-17)23-3-1-18(15-32-23)26(31)39/h1,3,13-15,17,22H,2,4-12,16H2,(H2,31,39)(H,33,38,40)/i9D2,10D2,11D2,12D2. The molecule has 1 atom stereocenters. The number of nitrogens with zero attached hydrogens (tertiary/aromatic N) is 5. The molecule has 0 bridgehead atoms. The molecule has 1 aromatic heterocycles. The van der Waals surface area contributed by atoms with Crippen LogP contribution in [0.5, 0.6) is 0 Å². The number of amides is 5. The number of rotatable bonds is 6. The molecular formula is C29H32FN7O5. The molecule has 0 spiro atoms. The van der Waals surface area contributed by atoms with Crippen LogP contribution in [0, 0.1) is 11.7 Å². The number of piperazine rings is 1. The van der Waals surface area contributed by atoms with Gasteiger partial charge in [0, 0.05) is 69.4 Å². The fourth-order valence-electron chi connectivity index (χ4n) is 5.48. The number of carbonyl (C=O) groups is 5. The van der Waals surface area contributed by atoms with E-state index < -0.39 is 90.1 Å². The van der Waals surface area contributed by atoms with Gasteiger partial charge < -0.3 is 15.5 Å². The zero-order valence-electron chi connectivity index (χ0n) is 30.2. The molecule has 1 aromatic carbocycles. The first-order valence-corrected chi connectivity index (χ1v) is 13.4. The Morgan fingerprint density at radius 3 is 2.40 bits per heavy atom. The molecule has 0 saturated carbocycles. The molecule has 3 fully saturated rings. The van der Waals surface area contributed by atoms with Crippen molar-refractivity contribution in [2.75, 3.05) is 55.4 Å². The molecule has 3 saturated heterocycles. The van der Waals surface area contributed by atoms with E-state index in [9.17, 15) is 24.0 Å². The predicted octanol–water partition coefficient (Wildman–Crippen LogP) is 0.759. The average molecular weight is 586 g/mol. The van der Waals surface area contributed by atoms with E-state index in [1.165, 1.54) is 12.3 Å². The van der Waals surface area contributed by atoms with Gasteiger partial charge in [0.15, 0.2) is 0 Å². The van der Waals surface area contributed by atoms with Crippen LogP contribution in [0.2, 0.25) is 0 Å². The number of primary amides is 1. The van der Waals surface area contributed by atoms with Crippen molar-refractivity contribution in [3.63, 3.8) is 0 Å². The summed E-state index contributed by atoms with van der Waals surface area (Å²) in [5.74, 6) is -5.83. The third-order valence-corrected chi connectivity index (χ3v) is 7.74. The van der Waals surface area contributed by atoms with Crippen LogP contribution in [-0.4, -0.2) is 96.0 Å². The summed E-state index contributed by atoms with van der Waals surface area (Å²) in [5.41, 5.74) is 3.31. The molecule has 0 aliphatic carbocycles. The molecular weight excluding hydrogens is 545 g/mol. The number of pyridine rings is 1. The van der Waals surface area contributed by atoms with Crippen LogP contribution in [-0.2, 0) is 9.59 Å². The molecule has 5 amide bonds. The topological polar surface area (TPSA) is 149 Å². The fourth-order valence-corrected chi connectivity index (χ4v) is 5.48. The normalized spacial score (nSPS) is 29.6. The smallest absolute Gasteiger partial charge is 0.265 e. The molecule has 4 aliphatic heterocycles. The first kappa shape index (κ1) is 19.7. The lowest BCUT2D eigenvalue weighted by Crippen LogP contribution is -2.54. The number of imide groups is 2. The third-order valence-electron chi connectivity index (χ3n) is 7.74. The number of halogens is 1. The van der Waals surface area contributed by atoms with Gasteiger partial charge in [-0.05, 0) is 49.4 Å². The lowest BCUT2D eigenvalue weighted by Gasteiger charge is -2.40. The van der Waals surface area contributed by atoms with Gasteiger partial charge >= 0.3 is 0 Å². The van der Waals surface area contributed by atoms with Crippen molar-refractivity contribution in [2.45, 2.75) is 31.7 Å². The minimum absolute atomic E-state index is 0.107. The van der Waals surface area contributed by atoms with Crippen LogP contribution in [0.4, 0.5) is 15.9 Å². The summed E-state index contributed by atoms with van der Waals surface area (Å²) in [6.07, 6.45) is 1.68. The van der Waals surface area contributed by atoms with Crippen molar-refractivity contribution in [3.8, 4) is 0 Å². The second-order valence-electron chi connectivity index (χ2n) is 10.4. The number of hydrogen-bond donors (Lipinski definition) is 2. The van der Waals surface area contributed by atoms with E-state index in [2.05, 4.69) is 4.98 Å². The van der Waals surface area contributed by atoms with E-state index in [4.69, 9.17) is 16.7 Å². The number of hydrogen-bond acceptors (Lipinski definition) is 9. The van der Waals surface area contributed by atoms with E-state index in [0.29, 0.717) is 47.6 Å². The Hall–Kier alpha value is -4.39. The van der Waals surface area contributed by atoms with E-state index in [1.54, 1.807) is 6.07 Å². The van der Waals surface area contributed by atoms with Gasteiger partial charge in [0.2, 0.25) is 17.7 Å². The van der Waals surface area contributed by atoms with Gasteiger partial charge in [-0.2, -0.15) is 0 Å². The highest BCUT2D eigenvalue weighted by molar-refractivity contribution is 6.24. The number of carbonyl (C=O) groups excluding carboxylic acids is 5. The molecule has 0 radical (unpaired) electrons. The largest absolute Gasteiger partial charge is 0.369 e. The van der Waals surface area contributed by atoms with Gasteiger partial charge in [0.1, 0.15) is 17.7 Å². The van der Waals surface area contributed by atoms with Crippen LogP contribution in [0.15, 0.2) is 30.5 Å². The highest BCUT2D eigenvalue weighted by Crippen LogP contribution is 2.33. The molecule has 4 aliphatic rings. The van der Waals surface area contributed by atoms with Crippen molar-refractivity contribution in [1.29, 1.82) is 0 Å². The second-order valence-corrected chi connectivity index (χ2v) is 10.4. The molecule has 6 rings (SSSR count). The minimum atomic E-state index is -3.38. The van der Waals surface area contributed by atoms with E-state index in [-0.39, 0.29) is 29.8 Å². The van der Waals surface area contributed by atoms with Crippen molar-refractivity contribution in [2.24, 2.45) is 11.7 Å². The Morgan fingerprint density at radius 1 is 1.02 bits per heavy atom. The maximum atomic E-state index is 15.7. The van der Waals surface area contributed by atoms with Crippen LogP contribution in [0.3, 0.4) is 0 Å². The van der Waals surface area contributed by atoms with Crippen molar-refractivity contribution < 1.29 is 39.3 Å². The number of fused-ring (bicyclic) bond motifs is 1. The lowest BCUT2D eigenvalue weighted by molar-refractivity contribution is -0.136. The van der Waals surface area contributed by atoms with E-state index >= 15 is 4.39 Å². The van der Waals surface area contributed by atoms with Gasteiger partial charge in [-0.1, -0.05) is 0 Å². The molecule has 12 nitrogen and oxygen atoms in total. The Labute approximate surface area is 252 Å². The summed E-state index contributed by atoms with van der Waals surface area (Å²) in [6, 6.07) is 3.01. The zero-order chi connectivity index (χ0) is 36.7. The van der Waals surface area contributed by atoms with Crippen LogP contribution >= 0.6 is 0 Å². The zero-order valence-corrected chi connectivity index (χ0v) is 22.2. The molecule has 2 aromatic rings. The number of nitrogens with two attached hydrogens (primary N) is 1. The first-order chi connectivity index (χ1) is 23.2. The van der Waals surface area contributed by atoms with Crippen molar-refractivity contribution >= 4 is 41.0 Å². The van der Waals surface area contributed by atoms with Crippen LogP contribution < -0.4 is 20.9 Å². The number of anilines is 2.